The van der Waals surface area contributed by atoms with E-state index >= 15 is 0 Å². The third-order valence-corrected chi connectivity index (χ3v) is 4.16. The van der Waals surface area contributed by atoms with Gasteiger partial charge in [0.05, 0.1) is 24.5 Å². The Morgan fingerprint density at radius 2 is 1.95 bits per heavy atom. The van der Waals surface area contributed by atoms with Gasteiger partial charge in [0.2, 0.25) is 0 Å². The van der Waals surface area contributed by atoms with Crippen LogP contribution in [0.4, 0.5) is 5.69 Å². The first kappa shape index (κ1) is 12.8. The molecule has 0 saturated heterocycles. The van der Waals surface area contributed by atoms with Crippen LogP contribution in [0.25, 0.3) is 10.9 Å². The number of hydrogen-bond acceptors (Lipinski definition) is 4. The fourth-order valence-electron chi connectivity index (χ4n) is 2.03. The lowest BCUT2D eigenvalue weighted by Crippen LogP contribution is -1.92. The molecule has 0 saturated carbocycles. The third-order valence-electron chi connectivity index (χ3n) is 3.01. The predicted molar refractivity (Wildman–Crippen MR) is 83.3 cm³/mol. The van der Waals surface area contributed by atoms with Crippen LogP contribution in [0.1, 0.15) is 0 Å². The van der Waals surface area contributed by atoms with Crippen molar-refractivity contribution in [1.29, 1.82) is 0 Å². The van der Waals surface area contributed by atoms with Crippen molar-refractivity contribution in [2.75, 3.05) is 12.8 Å². The summed E-state index contributed by atoms with van der Waals surface area (Å²) in [6.45, 7) is 0. The van der Waals surface area contributed by atoms with Gasteiger partial charge >= 0.3 is 0 Å². The second-order valence-corrected chi connectivity index (χ2v) is 5.42. The Labute approximate surface area is 121 Å². The smallest absolute Gasteiger partial charge is 0.119 e. The maximum atomic E-state index is 6.09. The Bertz CT molecular complexity index is 758. The van der Waals surface area contributed by atoms with E-state index in [1.807, 2.05) is 48.5 Å². The monoisotopic (exact) mass is 282 g/mol. The lowest BCUT2D eigenvalue weighted by molar-refractivity contribution is 0.413. The van der Waals surface area contributed by atoms with Crippen LogP contribution in [0.2, 0.25) is 0 Å². The van der Waals surface area contributed by atoms with Gasteiger partial charge in [-0.15, -0.1) is 0 Å². The second kappa shape index (κ2) is 5.43. The molecule has 4 heteroatoms. The maximum Gasteiger partial charge on any atom is 0.119 e. The van der Waals surface area contributed by atoms with E-state index in [4.69, 9.17) is 10.5 Å². The molecular weight excluding hydrogens is 268 g/mol. The molecule has 0 bridgehead atoms. The van der Waals surface area contributed by atoms with Gasteiger partial charge in [0.25, 0.3) is 0 Å². The van der Waals surface area contributed by atoms with Gasteiger partial charge in [0.15, 0.2) is 0 Å². The van der Waals surface area contributed by atoms with Gasteiger partial charge in [0.1, 0.15) is 5.75 Å². The summed E-state index contributed by atoms with van der Waals surface area (Å²) in [5.41, 5.74) is 7.73. The normalized spacial score (nSPS) is 10.7. The number of rotatable bonds is 3. The molecule has 0 amide bonds. The van der Waals surface area contributed by atoms with Crippen molar-refractivity contribution >= 4 is 28.4 Å². The minimum Gasteiger partial charge on any atom is -0.497 e. The zero-order valence-corrected chi connectivity index (χ0v) is 11.9. The summed E-state index contributed by atoms with van der Waals surface area (Å²) >= 11 is 1.63. The number of benzene rings is 2. The number of anilines is 1. The molecule has 20 heavy (non-hydrogen) atoms. The lowest BCUT2D eigenvalue weighted by atomic mass is 10.2. The van der Waals surface area contributed by atoms with E-state index in [1.54, 1.807) is 25.1 Å². The Hall–Kier alpha value is -2.20. The van der Waals surface area contributed by atoms with Crippen LogP contribution >= 0.6 is 11.8 Å². The van der Waals surface area contributed by atoms with E-state index in [0.717, 1.165) is 26.4 Å². The summed E-state index contributed by atoms with van der Waals surface area (Å²) < 4.78 is 5.25. The third kappa shape index (κ3) is 2.42. The van der Waals surface area contributed by atoms with Crippen LogP contribution in [0, 0.1) is 0 Å². The van der Waals surface area contributed by atoms with E-state index < -0.39 is 0 Å². The van der Waals surface area contributed by atoms with Gasteiger partial charge in [0, 0.05) is 15.2 Å². The molecule has 0 aliphatic rings. The van der Waals surface area contributed by atoms with E-state index in [0.29, 0.717) is 5.69 Å². The second-order valence-electron chi connectivity index (χ2n) is 4.34. The first-order chi connectivity index (χ1) is 9.78. The van der Waals surface area contributed by atoms with Crippen molar-refractivity contribution in [1.82, 2.24) is 4.98 Å². The highest BCUT2D eigenvalue weighted by Gasteiger charge is 2.08. The van der Waals surface area contributed by atoms with Gasteiger partial charge in [-0.25, -0.2) is 0 Å². The van der Waals surface area contributed by atoms with Crippen molar-refractivity contribution < 1.29 is 4.74 Å². The summed E-state index contributed by atoms with van der Waals surface area (Å²) in [7, 11) is 1.67. The number of ether oxygens (including phenoxy) is 1. The van der Waals surface area contributed by atoms with Crippen LogP contribution < -0.4 is 10.5 Å². The number of nitrogens with zero attached hydrogens (tertiary/aromatic N) is 1. The van der Waals surface area contributed by atoms with Crippen LogP contribution in [0.3, 0.4) is 0 Å². The van der Waals surface area contributed by atoms with Crippen molar-refractivity contribution in [2.24, 2.45) is 0 Å². The first-order valence-corrected chi connectivity index (χ1v) is 7.04. The highest BCUT2D eigenvalue weighted by molar-refractivity contribution is 7.99. The summed E-state index contributed by atoms with van der Waals surface area (Å²) in [6, 6.07) is 16.0. The quantitative estimate of drug-likeness (QED) is 0.789. The topological polar surface area (TPSA) is 48.1 Å². The Morgan fingerprint density at radius 1 is 1.10 bits per heavy atom. The lowest BCUT2D eigenvalue weighted by Gasteiger charge is -2.09. The van der Waals surface area contributed by atoms with Gasteiger partial charge in [-0.05, 0) is 24.3 Å². The summed E-state index contributed by atoms with van der Waals surface area (Å²) in [5, 5.41) is 1.07. The number of nitrogen functional groups attached to an aromatic ring is 1. The van der Waals surface area contributed by atoms with Crippen LogP contribution in [0.5, 0.6) is 5.75 Å². The molecule has 0 unspecified atom stereocenters. The molecule has 0 fully saturated rings. The summed E-state index contributed by atoms with van der Waals surface area (Å²) in [5.74, 6) is 0.840. The molecule has 0 atom stereocenters. The molecule has 3 nitrogen and oxygen atoms in total. The number of fused-ring (bicyclic) bond motifs is 1. The highest BCUT2D eigenvalue weighted by Crippen LogP contribution is 2.37. The summed E-state index contributed by atoms with van der Waals surface area (Å²) in [4.78, 5) is 6.48. The number of pyridine rings is 1. The largest absolute Gasteiger partial charge is 0.497 e. The number of methoxy groups -OCH3 is 1. The Balaban J connectivity index is 2.07. The average molecular weight is 282 g/mol. The van der Waals surface area contributed by atoms with E-state index in [9.17, 15) is 0 Å². The van der Waals surface area contributed by atoms with Crippen LogP contribution in [-0.4, -0.2) is 12.1 Å². The fourth-order valence-corrected chi connectivity index (χ4v) is 3.04. The minimum absolute atomic E-state index is 0.691. The molecule has 3 aromatic rings. The fraction of sp³-hybridized carbons (Fsp3) is 0.0625. The molecule has 2 N–H and O–H groups in total. The molecule has 3 rings (SSSR count). The predicted octanol–water partition coefficient (Wildman–Crippen LogP) is 3.98. The average Bonchev–Trinajstić information content (AvgIpc) is 2.50. The zero-order chi connectivity index (χ0) is 13.9. The van der Waals surface area contributed by atoms with Gasteiger partial charge in [-0.3, -0.25) is 4.98 Å². The molecule has 0 aliphatic carbocycles. The van der Waals surface area contributed by atoms with Crippen molar-refractivity contribution in [3.05, 3.63) is 54.7 Å². The Morgan fingerprint density at radius 3 is 2.80 bits per heavy atom. The number of aromatic nitrogens is 1. The maximum absolute atomic E-state index is 6.09. The van der Waals surface area contributed by atoms with E-state index in [-0.39, 0.29) is 0 Å². The SMILES string of the molecule is COc1cccc(Sc2c(N)cnc3ccccc23)c1. The number of para-hydroxylation sites is 1. The molecule has 1 heterocycles. The number of hydrogen-bond donors (Lipinski definition) is 1. The van der Waals surface area contributed by atoms with Gasteiger partial charge in [-0.2, -0.15) is 0 Å². The Kier molecular flexibility index (Phi) is 3.48. The van der Waals surface area contributed by atoms with Gasteiger partial charge in [-0.1, -0.05) is 36.0 Å². The highest BCUT2D eigenvalue weighted by atomic mass is 32.2. The first-order valence-electron chi connectivity index (χ1n) is 6.23. The molecule has 1 aromatic heterocycles. The van der Waals surface area contributed by atoms with Crippen molar-refractivity contribution in [3.8, 4) is 5.75 Å². The van der Waals surface area contributed by atoms with Crippen LogP contribution in [0.15, 0.2) is 64.5 Å². The molecular formula is C16H14N2OS. The van der Waals surface area contributed by atoms with Crippen molar-refractivity contribution in [3.63, 3.8) is 0 Å². The van der Waals surface area contributed by atoms with Crippen molar-refractivity contribution in [2.45, 2.75) is 9.79 Å². The molecule has 0 radical (unpaired) electrons. The standard InChI is InChI=1S/C16H14N2OS/c1-19-11-5-4-6-12(9-11)20-16-13-7-2-3-8-15(13)18-10-14(16)17/h2-10H,17H2,1H3. The summed E-state index contributed by atoms with van der Waals surface area (Å²) in [6.07, 6.45) is 1.71. The van der Waals surface area contributed by atoms with Crippen LogP contribution in [-0.2, 0) is 0 Å². The molecule has 0 spiro atoms. The molecule has 100 valence electrons. The van der Waals surface area contributed by atoms with Gasteiger partial charge < -0.3 is 10.5 Å². The van der Waals surface area contributed by atoms with E-state index in [2.05, 4.69) is 4.98 Å². The minimum atomic E-state index is 0.691. The number of nitrogens with two attached hydrogens (primary N) is 1. The molecule has 2 aromatic carbocycles. The molecule has 0 aliphatic heterocycles. The van der Waals surface area contributed by atoms with E-state index in [1.165, 1.54) is 0 Å². The zero-order valence-electron chi connectivity index (χ0n) is 11.0.